The Labute approximate surface area is 115 Å². The van der Waals surface area contributed by atoms with Crippen molar-refractivity contribution in [2.45, 2.75) is 18.9 Å². The normalized spacial score (nSPS) is 16.9. The Morgan fingerprint density at radius 2 is 2.06 bits per heavy atom. The molecule has 1 N–H and O–H groups in total. The van der Waals surface area contributed by atoms with Gasteiger partial charge in [0.1, 0.15) is 11.6 Å². The third-order valence-electron chi connectivity index (χ3n) is 3.25. The average Bonchev–Trinajstić information content (AvgIpc) is 2.43. The number of benzene rings is 1. The Balaban J connectivity index is 1.96. The minimum Gasteiger partial charge on any atom is -0.487 e. The number of hydrogen-bond acceptors (Lipinski definition) is 3. The van der Waals surface area contributed by atoms with E-state index in [1.165, 1.54) is 0 Å². The summed E-state index contributed by atoms with van der Waals surface area (Å²) in [6.45, 7) is 2.06. The van der Waals surface area contributed by atoms with Crippen molar-refractivity contribution in [1.29, 1.82) is 0 Å². The van der Waals surface area contributed by atoms with Crippen LogP contribution in [0, 0.1) is 0 Å². The van der Waals surface area contributed by atoms with E-state index in [0.29, 0.717) is 0 Å². The first kappa shape index (κ1) is 11.9. The third-order valence-corrected chi connectivity index (χ3v) is 3.88. The molecule has 0 radical (unpaired) electrons. The number of fused-ring (bicyclic) bond motifs is 1. The summed E-state index contributed by atoms with van der Waals surface area (Å²) in [5.41, 5.74) is 0.936. The highest BCUT2D eigenvalue weighted by atomic mass is 79.9. The summed E-state index contributed by atoms with van der Waals surface area (Å²) in [4.78, 5) is 4.44. The Morgan fingerprint density at radius 3 is 2.89 bits per heavy atom. The van der Waals surface area contributed by atoms with Gasteiger partial charge < -0.3 is 10.1 Å². The van der Waals surface area contributed by atoms with Gasteiger partial charge >= 0.3 is 0 Å². The van der Waals surface area contributed by atoms with Gasteiger partial charge in [0.25, 0.3) is 0 Å². The second-order valence-corrected chi connectivity index (χ2v) is 5.37. The van der Waals surface area contributed by atoms with Gasteiger partial charge in [0, 0.05) is 11.6 Å². The molecule has 2 aromatic rings. The van der Waals surface area contributed by atoms with E-state index in [2.05, 4.69) is 38.4 Å². The van der Waals surface area contributed by atoms with Crippen LogP contribution >= 0.6 is 15.9 Å². The van der Waals surface area contributed by atoms with Gasteiger partial charge in [-0.3, -0.25) is 4.98 Å². The van der Waals surface area contributed by atoms with Crippen molar-refractivity contribution in [3.63, 3.8) is 0 Å². The molecule has 0 atom stereocenters. The van der Waals surface area contributed by atoms with E-state index >= 15 is 0 Å². The number of rotatable bonds is 2. The van der Waals surface area contributed by atoms with Crippen molar-refractivity contribution in [3.8, 4) is 5.75 Å². The number of piperidine rings is 1. The molecule has 1 aliphatic rings. The van der Waals surface area contributed by atoms with Crippen LogP contribution in [0.15, 0.2) is 34.9 Å². The van der Waals surface area contributed by atoms with Crippen molar-refractivity contribution in [2.75, 3.05) is 13.1 Å². The van der Waals surface area contributed by atoms with Crippen LogP contribution in [-0.4, -0.2) is 24.2 Å². The van der Waals surface area contributed by atoms with Crippen LogP contribution < -0.4 is 10.1 Å². The molecule has 0 aliphatic carbocycles. The molecule has 3 nitrogen and oxygen atoms in total. The maximum atomic E-state index is 6.15. The molecular formula is C14H15BrN2O. The summed E-state index contributed by atoms with van der Waals surface area (Å²) in [5, 5.41) is 4.46. The van der Waals surface area contributed by atoms with Crippen LogP contribution in [-0.2, 0) is 0 Å². The standard InChI is InChI=1S/C14H15BrN2O/c15-12-4-3-10-2-1-7-17-13(10)14(12)18-11-5-8-16-9-6-11/h1-4,7,11,16H,5-6,8-9H2. The first-order valence-electron chi connectivity index (χ1n) is 6.25. The zero-order chi connectivity index (χ0) is 12.4. The van der Waals surface area contributed by atoms with E-state index in [0.717, 1.165) is 47.1 Å². The Morgan fingerprint density at radius 1 is 1.22 bits per heavy atom. The minimum atomic E-state index is 0.287. The first-order chi connectivity index (χ1) is 8.84. The maximum absolute atomic E-state index is 6.15. The van der Waals surface area contributed by atoms with Gasteiger partial charge in [0.2, 0.25) is 0 Å². The van der Waals surface area contributed by atoms with Gasteiger partial charge in [-0.25, -0.2) is 0 Å². The monoisotopic (exact) mass is 306 g/mol. The number of halogens is 1. The van der Waals surface area contributed by atoms with Crippen LogP contribution in [0.4, 0.5) is 0 Å². The van der Waals surface area contributed by atoms with Gasteiger partial charge in [0.15, 0.2) is 5.75 Å². The molecule has 4 heteroatoms. The van der Waals surface area contributed by atoms with Crippen molar-refractivity contribution < 1.29 is 4.74 Å². The summed E-state index contributed by atoms with van der Waals surface area (Å²) in [6.07, 6.45) is 4.20. The van der Waals surface area contributed by atoms with Gasteiger partial charge in [0.05, 0.1) is 4.47 Å². The molecule has 1 aromatic carbocycles. The summed E-state index contributed by atoms with van der Waals surface area (Å²) in [5.74, 6) is 0.875. The van der Waals surface area contributed by atoms with Crippen LogP contribution in [0.25, 0.3) is 10.9 Å². The van der Waals surface area contributed by atoms with E-state index in [-0.39, 0.29) is 6.10 Å². The third kappa shape index (κ3) is 2.35. The molecule has 0 saturated carbocycles. The highest BCUT2D eigenvalue weighted by Gasteiger charge is 2.17. The fourth-order valence-corrected chi connectivity index (χ4v) is 2.70. The zero-order valence-electron chi connectivity index (χ0n) is 10.0. The van der Waals surface area contributed by atoms with Crippen LogP contribution in [0.2, 0.25) is 0 Å². The lowest BCUT2D eigenvalue weighted by molar-refractivity contribution is 0.163. The molecule has 0 amide bonds. The number of hydrogen-bond donors (Lipinski definition) is 1. The summed E-state index contributed by atoms with van der Waals surface area (Å²) >= 11 is 3.56. The minimum absolute atomic E-state index is 0.287. The molecule has 3 rings (SSSR count). The molecule has 0 bridgehead atoms. The number of pyridine rings is 1. The lowest BCUT2D eigenvalue weighted by Crippen LogP contribution is -2.34. The fraction of sp³-hybridized carbons (Fsp3) is 0.357. The second-order valence-electron chi connectivity index (χ2n) is 4.52. The van der Waals surface area contributed by atoms with Crippen molar-refractivity contribution in [1.82, 2.24) is 10.3 Å². The van der Waals surface area contributed by atoms with Gasteiger partial charge in [-0.1, -0.05) is 12.1 Å². The number of ether oxygens (including phenoxy) is 1. The van der Waals surface area contributed by atoms with Crippen LogP contribution in [0.3, 0.4) is 0 Å². The predicted octanol–water partition coefficient (Wildman–Crippen LogP) is 3.13. The first-order valence-corrected chi connectivity index (χ1v) is 7.04. The molecule has 0 spiro atoms. The van der Waals surface area contributed by atoms with E-state index in [1.807, 2.05) is 18.3 Å². The van der Waals surface area contributed by atoms with Crippen LogP contribution in [0.5, 0.6) is 5.75 Å². The Kier molecular flexibility index (Phi) is 3.48. The van der Waals surface area contributed by atoms with E-state index in [1.54, 1.807) is 0 Å². The Bertz CT molecular complexity index is 552. The SMILES string of the molecule is Brc1ccc2cccnc2c1OC1CCNCC1. The van der Waals surface area contributed by atoms with Gasteiger partial charge in [-0.2, -0.15) is 0 Å². The number of nitrogens with zero attached hydrogens (tertiary/aromatic N) is 1. The van der Waals surface area contributed by atoms with E-state index in [4.69, 9.17) is 4.74 Å². The largest absolute Gasteiger partial charge is 0.487 e. The lowest BCUT2D eigenvalue weighted by atomic mass is 10.1. The molecule has 1 saturated heterocycles. The predicted molar refractivity (Wildman–Crippen MR) is 76.0 cm³/mol. The quantitative estimate of drug-likeness (QED) is 0.925. The topological polar surface area (TPSA) is 34.1 Å². The molecule has 1 aliphatic heterocycles. The smallest absolute Gasteiger partial charge is 0.160 e. The molecule has 1 fully saturated rings. The van der Waals surface area contributed by atoms with E-state index < -0.39 is 0 Å². The van der Waals surface area contributed by atoms with E-state index in [9.17, 15) is 0 Å². The van der Waals surface area contributed by atoms with Crippen molar-refractivity contribution >= 4 is 26.8 Å². The number of aromatic nitrogens is 1. The fourth-order valence-electron chi connectivity index (χ4n) is 2.29. The van der Waals surface area contributed by atoms with Crippen molar-refractivity contribution in [2.24, 2.45) is 0 Å². The highest BCUT2D eigenvalue weighted by Crippen LogP contribution is 2.33. The molecule has 0 unspecified atom stereocenters. The lowest BCUT2D eigenvalue weighted by Gasteiger charge is -2.24. The summed E-state index contributed by atoms with van der Waals surface area (Å²) in [7, 11) is 0. The van der Waals surface area contributed by atoms with Crippen molar-refractivity contribution in [3.05, 3.63) is 34.9 Å². The number of nitrogens with one attached hydrogen (secondary N) is 1. The zero-order valence-corrected chi connectivity index (χ0v) is 11.6. The second kappa shape index (κ2) is 5.24. The van der Waals surface area contributed by atoms with Gasteiger partial charge in [-0.15, -0.1) is 0 Å². The molecule has 2 heterocycles. The highest BCUT2D eigenvalue weighted by molar-refractivity contribution is 9.10. The molecule has 18 heavy (non-hydrogen) atoms. The molecule has 94 valence electrons. The summed E-state index contributed by atoms with van der Waals surface area (Å²) in [6, 6.07) is 8.09. The van der Waals surface area contributed by atoms with Gasteiger partial charge in [-0.05, 0) is 54.0 Å². The average molecular weight is 307 g/mol. The summed E-state index contributed by atoms with van der Waals surface area (Å²) < 4.78 is 7.13. The maximum Gasteiger partial charge on any atom is 0.160 e. The molecular weight excluding hydrogens is 292 g/mol. The van der Waals surface area contributed by atoms with Crippen LogP contribution in [0.1, 0.15) is 12.8 Å². The Hall–Kier alpha value is -1.13. The molecule has 1 aromatic heterocycles.